The summed E-state index contributed by atoms with van der Waals surface area (Å²) in [6.07, 6.45) is 5.20. The molecule has 2 N–H and O–H groups in total. The minimum Gasteiger partial charge on any atom is -0.478 e. The largest absolute Gasteiger partial charge is 0.478 e. The second-order valence-electron chi connectivity index (χ2n) is 5.12. The molecule has 19 heavy (non-hydrogen) atoms. The van der Waals surface area contributed by atoms with E-state index in [1.807, 2.05) is 6.92 Å². The summed E-state index contributed by atoms with van der Waals surface area (Å²) in [6.45, 7) is 3.66. The van der Waals surface area contributed by atoms with Crippen molar-refractivity contribution in [2.45, 2.75) is 46.0 Å². The third-order valence-corrected chi connectivity index (χ3v) is 4.93. The lowest BCUT2D eigenvalue weighted by Gasteiger charge is -2.20. The van der Waals surface area contributed by atoms with Crippen LogP contribution in [-0.2, 0) is 4.79 Å². The molecule has 1 fully saturated rings. The van der Waals surface area contributed by atoms with Crippen molar-refractivity contribution < 1.29 is 14.7 Å². The highest BCUT2D eigenvalue weighted by molar-refractivity contribution is 7.16. The zero-order valence-electron chi connectivity index (χ0n) is 11.3. The molecule has 1 saturated carbocycles. The molecule has 0 radical (unpaired) electrons. The molecule has 4 nitrogen and oxygen atoms in total. The van der Waals surface area contributed by atoms with E-state index < -0.39 is 5.97 Å². The number of carbonyl (C=O) groups excluding carboxylic acids is 1. The van der Waals surface area contributed by atoms with Crippen LogP contribution >= 0.6 is 11.3 Å². The summed E-state index contributed by atoms with van der Waals surface area (Å²) in [5.41, 5.74) is 0.989. The van der Waals surface area contributed by atoms with Crippen molar-refractivity contribution in [2.75, 3.05) is 5.32 Å². The monoisotopic (exact) mass is 281 g/mol. The van der Waals surface area contributed by atoms with Gasteiger partial charge >= 0.3 is 5.97 Å². The van der Waals surface area contributed by atoms with Crippen molar-refractivity contribution in [3.05, 3.63) is 16.0 Å². The average Bonchev–Trinajstić information content (AvgIpc) is 2.65. The summed E-state index contributed by atoms with van der Waals surface area (Å²) >= 11 is 1.35. The number of thiophene rings is 1. The summed E-state index contributed by atoms with van der Waals surface area (Å²) in [5, 5.41) is 12.5. The van der Waals surface area contributed by atoms with E-state index in [4.69, 9.17) is 0 Å². The Balaban J connectivity index is 2.16. The van der Waals surface area contributed by atoms with Gasteiger partial charge in [-0.25, -0.2) is 4.79 Å². The molecule has 104 valence electrons. The van der Waals surface area contributed by atoms with Gasteiger partial charge in [-0.05, 0) is 32.3 Å². The number of anilines is 1. The number of hydrogen-bond donors (Lipinski definition) is 2. The van der Waals surface area contributed by atoms with Gasteiger partial charge < -0.3 is 10.4 Å². The Morgan fingerprint density at radius 1 is 1.21 bits per heavy atom. The van der Waals surface area contributed by atoms with Crippen LogP contribution in [0.3, 0.4) is 0 Å². The molecular weight excluding hydrogens is 262 g/mol. The van der Waals surface area contributed by atoms with Gasteiger partial charge in [0.1, 0.15) is 5.00 Å². The molecule has 1 heterocycles. The topological polar surface area (TPSA) is 66.4 Å². The molecule has 1 aliphatic rings. The first kappa shape index (κ1) is 14.1. The highest BCUT2D eigenvalue weighted by atomic mass is 32.1. The number of amides is 1. The number of aromatic carboxylic acids is 1. The molecule has 0 bridgehead atoms. The highest BCUT2D eigenvalue weighted by Gasteiger charge is 2.25. The average molecular weight is 281 g/mol. The van der Waals surface area contributed by atoms with Gasteiger partial charge in [0.05, 0.1) is 5.56 Å². The van der Waals surface area contributed by atoms with Gasteiger partial charge in [0.15, 0.2) is 0 Å². The summed E-state index contributed by atoms with van der Waals surface area (Å²) < 4.78 is 0. The van der Waals surface area contributed by atoms with Crippen molar-refractivity contribution >= 4 is 28.2 Å². The van der Waals surface area contributed by atoms with Gasteiger partial charge in [0.25, 0.3) is 0 Å². The molecule has 0 atom stereocenters. The summed E-state index contributed by atoms with van der Waals surface area (Å²) in [7, 11) is 0. The Hall–Kier alpha value is -1.36. The Morgan fingerprint density at radius 3 is 2.42 bits per heavy atom. The van der Waals surface area contributed by atoms with E-state index in [1.165, 1.54) is 17.8 Å². The molecule has 0 unspecified atom stereocenters. The second-order valence-corrected chi connectivity index (χ2v) is 6.34. The smallest absolute Gasteiger partial charge is 0.338 e. The number of carboxylic acid groups (broad SMARTS) is 1. The van der Waals surface area contributed by atoms with Crippen molar-refractivity contribution in [1.82, 2.24) is 0 Å². The Morgan fingerprint density at radius 2 is 1.84 bits per heavy atom. The zero-order valence-corrected chi connectivity index (χ0v) is 12.1. The lowest BCUT2D eigenvalue weighted by molar-refractivity contribution is -0.120. The number of nitrogens with one attached hydrogen (secondary N) is 1. The lowest BCUT2D eigenvalue weighted by Crippen LogP contribution is -2.25. The number of aryl methyl sites for hydroxylation is 1. The van der Waals surface area contributed by atoms with Crippen LogP contribution in [0.15, 0.2) is 0 Å². The number of rotatable bonds is 3. The maximum absolute atomic E-state index is 12.2. The number of carboxylic acids is 1. The van der Waals surface area contributed by atoms with Crippen LogP contribution in [0.1, 0.15) is 52.9 Å². The number of carbonyl (C=O) groups is 2. The van der Waals surface area contributed by atoms with Crippen LogP contribution in [-0.4, -0.2) is 17.0 Å². The minimum atomic E-state index is -0.971. The minimum absolute atomic E-state index is 0.0246. The maximum Gasteiger partial charge on any atom is 0.338 e. The maximum atomic E-state index is 12.2. The fourth-order valence-electron chi connectivity index (χ4n) is 2.55. The van der Waals surface area contributed by atoms with Crippen molar-refractivity contribution in [1.29, 1.82) is 0 Å². The van der Waals surface area contributed by atoms with Gasteiger partial charge in [-0.15, -0.1) is 11.3 Å². The fourth-order valence-corrected chi connectivity index (χ4v) is 3.61. The van der Waals surface area contributed by atoms with Gasteiger partial charge in [0, 0.05) is 10.8 Å². The SMILES string of the molecule is Cc1sc(NC(=O)C2CCCCC2)c(C(=O)O)c1C. The van der Waals surface area contributed by atoms with Gasteiger partial charge in [0.2, 0.25) is 5.91 Å². The van der Waals surface area contributed by atoms with Crippen LogP contribution in [0.5, 0.6) is 0 Å². The summed E-state index contributed by atoms with van der Waals surface area (Å²) in [4.78, 5) is 24.4. The van der Waals surface area contributed by atoms with Crippen molar-refractivity contribution in [2.24, 2.45) is 5.92 Å². The lowest BCUT2D eigenvalue weighted by atomic mass is 9.89. The van der Waals surface area contributed by atoms with E-state index in [9.17, 15) is 14.7 Å². The normalized spacial score (nSPS) is 16.3. The molecule has 1 aliphatic carbocycles. The molecule has 5 heteroatoms. The molecule has 0 spiro atoms. The first-order valence-electron chi connectivity index (χ1n) is 6.65. The summed E-state index contributed by atoms with van der Waals surface area (Å²) in [6, 6.07) is 0. The van der Waals surface area contributed by atoms with E-state index >= 15 is 0 Å². The molecule has 0 aliphatic heterocycles. The fraction of sp³-hybridized carbons (Fsp3) is 0.571. The van der Waals surface area contributed by atoms with Crippen LogP contribution in [0, 0.1) is 19.8 Å². The molecule has 2 rings (SSSR count). The van der Waals surface area contributed by atoms with Crippen molar-refractivity contribution in [3.8, 4) is 0 Å². The molecule has 1 aromatic heterocycles. The quantitative estimate of drug-likeness (QED) is 0.890. The van der Waals surface area contributed by atoms with Crippen LogP contribution in [0.25, 0.3) is 0 Å². The summed E-state index contributed by atoms with van der Waals surface area (Å²) in [5.74, 6) is -0.956. The first-order chi connectivity index (χ1) is 9.00. The van der Waals surface area contributed by atoms with Crippen LogP contribution in [0.4, 0.5) is 5.00 Å². The predicted octanol–water partition coefficient (Wildman–Crippen LogP) is 3.58. The standard InChI is InChI=1S/C14H19NO3S/c1-8-9(2)19-13(11(8)14(17)18)15-12(16)10-6-4-3-5-7-10/h10H,3-7H2,1-2H3,(H,15,16)(H,17,18). The molecule has 1 amide bonds. The predicted molar refractivity (Wildman–Crippen MR) is 76.0 cm³/mol. The van der Waals surface area contributed by atoms with Crippen LogP contribution < -0.4 is 5.32 Å². The Kier molecular flexibility index (Phi) is 4.24. The van der Waals surface area contributed by atoms with E-state index in [-0.39, 0.29) is 17.4 Å². The van der Waals surface area contributed by atoms with E-state index in [2.05, 4.69) is 5.32 Å². The highest BCUT2D eigenvalue weighted by Crippen LogP contribution is 2.33. The Labute approximate surface area is 116 Å². The van der Waals surface area contributed by atoms with Gasteiger partial charge in [-0.2, -0.15) is 0 Å². The molecule has 1 aromatic rings. The molecular formula is C14H19NO3S. The third-order valence-electron chi connectivity index (χ3n) is 3.81. The molecule has 0 saturated heterocycles. The van der Waals surface area contributed by atoms with Crippen LogP contribution in [0.2, 0.25) is 0 Å². The number of hydrogen-bond acceptors (Lipinski definition) is 3. The van der Waals surface area contributed by atoms with Crippen molar-refractivity contribution in [3.63, 3.8) is 0 Å². The van der Waals surface area contributed by atoms with E-state index in [0.29, 0.717) is 5.00 Å². The second kappa shape index (κ2) is 5.74. The van der Waals surface area contributed by atoms with Gasteiger partial charge in [-0.3, -0.25) is 4.79 Å². The van der Waals surface area contributed by atoms with Gasteiger partial charge in [-0.1, -0.05) is 19.3 Å². The van der Waals surface area contributed by atoms with E-state index in [1.54, 1.807) is 6.92 Å². The zero-order chi connectivity index (χ0) is 14.0. The third kappa shape index (κ3) is 2.97. The first-order valence-corrected chi connectivity index (χ1v) is 7.46. The molecule has 0 aromatic carbocycles. The van der Waals surface area contributed by atoms with E-state index in [0.717, 1.165) is 36.1 Å². The Bertz CT molecular complexity index is 501.